The van der Waals surface area contributed by atoms with Crippen molar-refractivity contribution in [1.29, 1.82) is 0 Å². The van der Waals surface area contributed by atoms with Crippen LogP contribution in [0.5, 0.6) is 0 Å². The molecule has 0 saturated carbocycles. The summed E-state index contributed by atoms with van der Waals surface area (Å²) in [6, 6.07) is -0.0677. The summed E-state index contributed by atoms with van der Waals surface area (Å²) >= 11 is 0. The van der Waals surface area contributed by atoms with Crippen molar-refractivity contribution in [2.45, 2.75) is 39.2 Å². The third-order valence-electron chi connectivity index (χ3n) is 3.18. The minimum Gasteiger partial charge on any atom is -0.381 e. The number of ether oxygens (including phenoxy) is 1. The lowest BCUT2D eigenvalue weighted by Gasteiger charge is -2.25. The first-order chi connectivity index (χ1) is 8.13. The Balaban J connectivity index is 2.34. The molecule has 0 radical (unpaired) electrons. The molecule has 0 aromatic carbocycles. The van der Waals surface area contributed by atoms with Crippen LogP contribution in [0, 0.1) is 11.8 Å². The molecule has 0 aliphatic carbocycles. The van der Waals surface area contributed by atoms with Crippen molar-refractivity contribution in [2.75, 3.05) is 26.8 Å². The van der Waals surface area contributed by atoms with Crippen LogP contribution in [0.1, 0.15) is 33.1 Å². The smallest absolute Gasteiger partial charge is 0.236 e. The van der Waals surface area contributed by atoms with Gasteiger partial charge in [0.1, 0.15) is 0 Å². The second-order valence-electron chi connectivity index (χ2n) is 5.29. The van der Waals surface area contributed by atoms with Gasteiger partial charge >= 0.3 is 0 Å². The Hall–Kier alpha value is -0.610. The summed E-state index contributed by atoms with van der Waals surface area (Å²) in [7, 11) is 1.70. The molecule has 100 valence electrons. The lowest BCUT2D eigenvalue weighted by atomic mass is 9.99. The van der Waals surface area contributed by atoms with Crippen LogP contribution in [0.15, 0.2) is 0 Å². The molecule has 1 heterocycles. The van der Waals surface area contributed by atoms with E-state index in [1.54, 1.807) is 7.05 Å². The lowest BCUT2D eigenvalue weighted by molar-refractivity contribution is -0.123. The highest BCUT2D eigenvalue weighted by molar-refractivity contribution is 5.81. The van der Waals surface area contributed by atoms with Crippen molar-refractivity contribution in [3.8, 4) is 0 Å². The van der Waals surface area contributed by atoms with Gasteiger partial charge in [0.25, 0.3) is 0 Å². The fourth-order valence-corrected chi connectivity index (χ4v) is 2.21. The van der Waals surface area contributed by atoms with Crippen LogP contribution in [-0.2, 0) is 9.53 Å². The first kappa shape index (κ1) is 14.5. The highest BCUT2D eigenvalue weighted by Gasteiger charge is 2.20. The van der Waals surface area contributed by atoms with Gasteiger partial charge in [0, 0.05) is 20.2 Å². The van der Waals surface area contributed by atoms with Crippen molar-refractivity contribution < 1.29 is 9.53 Å². The Labute approximate surface area is 104 Å². The van der Waals surface area contributed by atoms with Crippen LogP contribution < -0.4 is 10.6 Å². The molecule has 2 unspecified atom stereocenters. The SMILES string of the molecule is CNC(=O)C(CC(C)C)NCC1CCCOC1. The molecule has 1 aliphatic heterocycles. The second kappa shape index (κ2) is 7.67. The van der Waals surface area contributed by atoms with Crippen LogP contribution in [-0.4, -0.2) is 38.8 Å². The molecule has 1 aliphatic rings. The predicted octanol–water partition coefficient (Wildman–Crippen LogP) is 1.16. The molecule has 1 saturated heterocycles. The van der Waals surface area contributed by atoms with Crippen LogP contribution in [0.25, 0.3) is 0 Å². The summed E-state index contributed by atoms with van der Waals surface area (Å²) in [6.45, 7) is 6.88. The molecule has 0 aromatic rings. The molecule has 0 bridgehead atoms. The Morgan fingerprint density at radius 3 is 2.76 bits per heavy atom. The molecular formula is C13H26N2O2. The van der Waals surface area contributed by atoms with Crippen molar-refractivity contribution >= 4 is 5.91 Å². The summed E-state index contributed by atoms with van der Waals surface area (Å²) < 4.78 is 5.44. The molecular weight excluding hydrogens is 216 g/mol. The zero-order valence-corrected chi connectivity index (χ0v) is 11.3. The van der Waals surface area contributed by atoms with Gasteiger partial charge in [0.05, 0.1) is 12.6 Å². The van der Waals surface area contributed by atoms with Gasteiger partial charge in [-0.2, -0.15) is 0 Å². The van der Waals surface area contributed by atoms with Crippen LogP contribution in [0.4, 0.5) is 0 Å². The average molecular weight is 242 g/mol. The molecule has 1 amide bonds. The largest absolute Gasteiger partial charge is 0.381 e. The van der Waals surface area contributed by atoms with Gasteiger partial charge in [-0.1, -0.05) is 13.8 Å². The van der Waals surface area contributed by atoms with E-state index in [1.807, 2.05) is 0 Å². The van der Waals surface area contributed by atoms with E-state index in [0.29, 0.717) is 11.8 Å². The maximum absolute atomic E-state index is 11.7. The number of rotatable bonds is 6. The highest BCUT2D eigenvalue weighted by Crippen LogP contribution is 2.13. The summed E-state index contributed by atoms with van der Waals surface area (Å²) in [5.74, 6) is 1.17. The van der Waals surface area contributed by atoms with Crippen molar-refractivity contribution in [3.05, 3.63) is 0 Å². The molecule has 1 fully saturated rings. The van der Waals surface area contributed by atoms with Crippen LogP contribution in [0.3, 0.4) is 0 Å². The Morgan fingerprint density at radius 2 is 2.24 bits per heavy atom. The van der Waals surface area contributed by atoms with Gasteiger partial charge in [0.2, 0.25) is 5.91 Å². The zero-order valence-electron chi connectivity index (χ0n) is 11.3. The van der Waals surface area contributed by atoms with E-state index >= 15 is 0 Å². The number of likely N-dealkylation sites (N-methyl/N-ethyl adjacent to an activating group) is 1. The van der Waals surface area contributed by atoms with Crippen molar-refractivity contribution in [2.24, 2.45) is 11.8 Å². The monoisotopic (exact) mass is 242 g/mol. The number of carbonyl (C=O) groups excluding carboxylic acids is 1. The Bertz CT molecular complexity index is 225. The van der Waals surface area contributed by atoms with E-state index in [2.05, 4.69) is 24.5 Å². The minimum atomic E-state index is -0.0677. The molecule has 17 heavy (non-hydrogen) atoms. The number of amides is 1. The van der Waals surface area contributed by atoms with Crippen LogP contribution >= 0.6 is 0 Å². The topological polar surface area (TPSA) is 50.4 Å². The summed E-state index contributed by atoms with van der Waals surface area (Å²) in [4.78, 5) is 11.7. The predicted molar refractivity (Wildman–Crippen MR) is 68.9 cm³/mol. The molecule has 4 nitrogen and oxygen atoms in total. The zero-order chi connectivity index (χ0) is 12.7. The summed E-state index contributed by atoms with van der Waals surface area (Å²) in [6.07, 6.45) is 3.23. The van der Waals surface area contributed by atoms with Gasteiger partial charge in [0.15, 0.2) is 0 Å². The number of hydrogen-bond donors (Lipinski definition) is 2. The van der Waals surface area contributed by atoms with E-state index in [0.717, 1.165) is 32.6 Å². The van der Waals surface area contributed by atoms with Gasteiger partial charge in [-0.05, 0) is 31.1 Å². The van der Waals surface area contributed by atoms with Gasteiger partial charge < -0.3 is 15.4 Å². The van der Waals surface area contributed by atoms with Gasteiger partial charge in [-0.15, -0.1) is 0 Å². The van der Waals surface area contributed by atoms with Crippen molar-refractivity contribution in [1.82, 2.24) is 10.6 Å². The fraction of sp³-hybridized carbons (Fsp3) is 0.923. The maximum atomic E-state index is 11.7. The molecule has 2 atom stereocenters. The number of carbonyl (C=O) groups is 1. The van der Waals surface area contributed by atoms with E-state index in [9.17, 15) is 4.79 Å². The highest BCUT2D eigenvalue weighted by atomic mass is 16.5. The number of nitrogens with one attached hydrogen (secondary N) is 2. The van der Waals surface area contributed by atoms with Gasteiger partial charge in [-0.25, -0.2) is 0 Å². The Morgan fingerprint density at radius 1 is 1.47 bits per heavy atom. The average Bonchev–Trinajstić information content (AvgIpc) is 2.34. The molecule has 1 rings (SSSR count). The Kier molecular flexibility index (Phi) is 6.52. The fourth-order valence-electron chi connectivity index (χ4n) is 2.21. The van der Waals surface area contributed by atoms with E-state index in [1.165, 1.54) is 6.42 Å². The van der Waals surface area contributed by atoms with E-state index in [-0.39, 0.29) is 11.9 Å². The molecule has 4 heteroatoms. The van der Waals surface area contributed by atoms with Crippen molar-refractivity contribution in [3.63, 3.8) is 0 Å². The van der Waals surface area contributed by atoms with E-state index in [4.69, 9.17) is 4.74 Å². The third-order valence-corrected chi connectivity index (χ3v) is 3.18. The second-order valence-corrected chi connectivity index (χ2v) is 5.29. The quantitative estimate of drug-likeness (QED) is 0.735. The molecule has 0 aromatic heterocycles. The maximum Gasteiger partial charge on any atom is 0.236 e. The standard InChI is InChI=1S/C13H26N2O2/c1-10(2)7-12(13(16)14-3)15-8-11-5-4-6-17-9-11/h10-12,15H,4-9H2,1-3H3,(H,14,16). The van der Waals surface area contributed by atoms with E-state index < -0.39 is 0 Å². The van der Waals surface area contributed by atoms with Gasteiger partial charge in [-0.3, -0.25) is 4.79 Å². The minimum absolute atomic E-state index is 0.0677. The first-order valence-electron chi connectivity index (χ1n) is 6.66. The number of hydrogen-bond acceptors (Lipinski definition) is 3. The molecule has 0 spiro atoms. The lowest BCUT2D eigenvalue weighted by Crippen LogP contribution is -2.46. The normalized spacial score (nSPS) is 22.5. The van der Waals surface area contributed by atoms with Crippen LogP contribution in [0.2, 0.25) is 0 Å². The summed E-state index contributed by atoms with van der Waals surface area (Å²) in [5, 5.41) is 6.10. The molecule has 2 N–H and O–H groups in total. The first-order valence-corrected chi connectivity index (χ1v) is 6.66. The third kappa shape index (κ3) is 5.50. The summed E-state index contributed by atoms with van der Waals surface area (Å²) in [5.41, 5.74) is 0.